The Balaban J connectivity index is 1.65. The Labute approximate surface area is 129 Å². The van der Waals surface area contributed by atoms with Gasteiger partial charge in [0.1, 0.15) is 0 Å². The van der Waals surface area contributed by atoms with Crippen molar-refractivity contribution in [3.63, 3.8) is 0 Å². The molecule has 1 aliphatic heterocycles. The lowest BCUT2D eigenvalue weighted by Gasteiger charge is -2.30. The number of piperidine rings is 1. The van der Waals surface area contributed by atoms with E-state index in [9.17, 15) is 0 Å². The van der Waals surface area contributed by atoms with E-state index in [0.717, 1.165) is 38.0 Å². The van der Waals surface area contributed by atoms with Gasteiger partial charge in [0.2, 0.25) is 11.7 Å². The molecule has 1 aromatic carbocycles. The Morgan fingerprint density at radius 1 is 1.29 bits per heavy atom. The van der Waals surface area contributed by atoms with Crippen molar-refractivity contribution in [2.45, 2.75) is 19.4 Å². The summed E-state index contributed by atoms with van der Waals surface area (Å²) in [6.45, 7) is 3.54. The van der Waals surface area contributed by atoms with Crippen molar-refractivity contribution < 1.29 is 4.52 Å². The number of nitrogens with zero attached hydrogens (tertiary/aromatic N) is 3. The van der Waals surface area contributed by atoms with Crippen LogP contribution in [0, 0.1) is 5.92 Å². The van der Waals surface area contributed by atoms with Crippen LogP contribution in [0.1, 0.15) is 18.7 Å². The fourth-order valence-corrected chi connectivity index (χ4v) is 2.86. The van der Waals surface area contributed by atoms with Gasteiger partial charge in [0.25, 0.3) is 0 Å². The van der Waals surface area contributed by atoms with Crippen LogP contribution in [0.3, 0.4) is 0 Å². The molecule has 1 aliphatic rings. The molecule has 1 aromatic heterocycles. The van der Waals surface area contributed by atoms with E-state index in [1.807, 2.05) is 24.3 Å². The second-order valence-corrected chi connectivity index (χ2v) is 5.85. The lowest BCUT2D eigenvalue weighted by atomic mass is 9.97. The maximum absolute atomic E-state index is 6.15. The Morgan fingerprint density at radius 2 is 2.05 bits per heavy atom. The molecule has 0 atom stereocenters. The SMILES string of the molecule is NCC1CCN(Cc2nc(-c3ccccc3Cl)no2)CC1. The molecule has 0 radical (unpaired) electrons. The van der Waals surface area contributed by atoms with Crippen molar-refractivity contribution in [1.29, 1.82) is 0 Å². The summed E-state index contributed by atoms with van der Waals surface area (Å²) in [5.74, 6) is 1.84. The van der Waals surface area contributed by atoms with Crippen LogP contribution in [0.5, 0.6) is 0 Å². The van der Waals surface area contributed by atoms with Crippen LogP contribution in [-0.4, -0.2) is 34.7 Å². The second-order valence-electron chi connectivity index (χ2n) is 5.45. The van der Waals surface area contributed by atoms with Crippen LogP contribution >= 0.6 is 11.6 Å². The maximum Gasteiger partial charge on any atom is 0.241 e. The summed E-state index contributed by atoms with van der Waals surface area (Å²) < 4.78 is 5.34. The van der Waals surface area contributed by atoms with E-state index >= 15 is 0 Å². The number of hydrogen-bond donors (Lipinski definition) is 1. The third kappa shape index (κ3) is 3.43. The van der Waals surface area contributed by atoms with Gasteiger partial charge in [-0.25, -0.2) is 0 Å². The molecule has 0 saturated carbocycles. The summed E-state index contributed by atoms with van der Waals surface area (Å²) in [5, 5.41) is 4.66. The first-order valence-electron chi connectivity index (χ1n) is 7.26. The zero-order valence-corrected chi connectivity index (χ0v) is 12.6. The molecular weight excluding hydrogens is 288 g/mol. The van der Waals surface area contributed by atoms with Crippen molar-refractivity contribution >= 4 is 11.6 Å². The van der Waals surface area contributed by atoms with Crippen molar-refractivity contribution in [3.05, 3.63) is 35.2 Å². The summed E-state index contributed by atoms with van der Waals surface area (Å²) in [6.07, 6.45) is 2.28. The third-order valence-corrected chi connectivity index (χ3v) is 4.31. The van der Waals surface area contributed by atoms with Crippen molar-refractivity contribution in [3.8, 4) is 11.4 Å². The van der Waals surface area contributed by atoms with E-state index in [-0.39, 0.29) is 0 Å². The highest BCUT2D eigenvalue weighted by Crippen LogP contribution is 2.25. The monoisotopic (exact) mass is 306 g/mol. The zero-order valence-electron chi connectivity index (χ0n) is 11.8. The van der Waals surface area contributed by atoms with Crippen molar-refractivity contribution in [2.24, 2.45) is 11.7 Å². The van der Waals surface area contributed by atoms with Gasteiger partial charge in [0.05, 0.1) is 11.6 Å². The molecule has 1 saturated heterocycles. The van der Waals surface area contributed by atoms with Crippen LogP contribution in [0.25, 0.3) is 11.4 Å². The van der Waals surface area contributed by atoms with E-state index in [0.29, 0.717) is 29.2 Å². The Kier molecular flexibility index (Phi) is 4.53. The topological polar surface area (TPSA) is 68.2 Å². The molecule has 3 rings (SSSR count). The number of benzene rings is 1. The number of likely N-dealkylation sites (tertiary alicyclic amines) is 1. The summed E-state index contributed by atoms with van der Waals surface area (Å²) in [7, 11) is 0. The summed E-state index contributed by atoms with van der Waals surface area (Å²) >= 11 is 6.15. The zero-order chi connectivity index (χ0) is 14.7. The molecule has 21 heavy (non-hydrogen) atoms. The molecule has 2 N–H and O–H groups in total. The fraction of sp³-hybridized carbons (Fsp3) is 0.467. The molecule has 0 bridgehead atoms. The number of hydrogen-bond acceptors (Lipinski definition) is 5. The molecule has 2 heterocycles. The van der Waals surface area contributed by atoms with E-state index in [2.05, 4.69) is 15.0 Å². The predicted octanol–water partition coefficient (Wildman–Crippen LogP) is 2.56. The average Bonchev–Trinajstić information content (AvgIpc) is 2.97. The van der Waals surface area contributed by atoms with Crippen LogP contribution < -0.4 is 5.73 Å². The van der Waals surface area contributed by atoms with E-state index < -0.39 is 0 Å². The molecule has 5 nitrogen and oxygen atoms in total. The number of halogens is 1. The third-order valence-electron chi connectivity index (χ3n) is 3.98. The minimum Gasteiger partial charge on any atom is -0.338 e. The smallest absolute Gasteiger partial charge is 0.241 e. The summed E-state index contributed by atoms with van der Waals surface area (Å²) in [4.78, 5) is 6.78. The molecule has 0 amide bonds. The van der Waals surface area contributed by atoms with Gasteiger partial charge in [0.15, 0.2) is 0 Å². The Morgan fingerprint density at radius 3 is 2.76 bits per heavy atom. The lowest BCUT2D eigenvalue weighted by molar-refractivity contribution is 0.161. The van der Waals surface area contributed by atoms with E-state index in [1.165, 1.54) is 0 Å². The van der Waals surface area contributed by atoms with Gasteiger partial charge in [0, 0.05) is 5.56 Å². The van der Waals surface area contributed by atoms with Crippen LogP contribution in [0.2, 0.25) is 5.02 Å². The Bertz CT molecular complexity index is 593. The number of aromatic nitrogens is 2. The molecular formula is C15H19ClN4O. The van der Waals surface area contributed by atoms with Gasteiger partial charge in [-0.05, 0) is 50.5 Å². The highest BCUT2D eigenvalue weighted by Gasteiger charge is 2.20. The molecule has 112 valence electrons. The normalized spacial score (nSPS) is 17.2. The number of nitrogens with two attached hydrogens (primary N) is 1. The number of rotatable bonds is 4. The predicted molar refractivity (Wildman–Crippen MR) is 81.8 cm³/mol. The molecule has 2 aromatic rings. The Hall–Kier alpha value is -1.43. The van der Waals surface area contributed by atoms with Gasteiger partial charge in [-0.2, -0.15) is 4.98 Å². The lowest BCUT2D eigenvalue weighted by Crippen LogP contribution is -2.35. The van der Waals surface area contributed by atoms with Crippen LogP contribution in [-0.2, 0) is 6.54 Å². The molecule has 0 unspecified atom stereocenters. The first-order chi connectivity index (χ1) is 10.3. The maximum atomic E-state index is 6.15. The van der Waals surface area contributed by atoms with E-state index in [4.69, 9.17) is 21.9 Å². The van der Waals surface area contributed by atoms with Crippen LogP contribution in [0.15, 0.2) is 28.8 Å². The van der Waals surface area contributed by atoms with Gasteiger partial charge < -0.3 is 10.3 Å². The molecule has 1 fully saturated rings. The summed E-state index contributed by atoms with van der Waals surface area (Å²) in [5.41, 5.74) is 6.51. The highest BCUT2D eigenvalue weighted by molar-refractivity contribution is 6.33. The minimum absolute atomic E-state index is 0.549. The van der Waals surface area contributed by atoms with E-state index in [1.54, 1.807) is 0 Å². The first-order valence-corrected chi connectivity index (χ1v) is 7.64. The molecule has 0 aliphatic carbocycles. The van der Waals surface area contributed by atoms with Crippen molar-refractivity contribution in [1.82, 2.24) is 15.0 Å². The fourth-order valence-electron chi connectivity index (χ4n) is 2.64. The second kappa shape index (κ2) is 6.56. The van der Waals surface area contributed by atoms with Gasteiger partial charge in [-0.15, -0.1) is 0 Å². The molecule has 0 spiro atoms. The van der Waals surface area contributed by atoms with Gasteiger partial charge in [-0.3, -0.25) is 4.90 Å². The van der Waals surface area contributed by atoms with Gasteiger partial charge >= 0.3 is 0 Å². The van der Waals surface area contributed by atoms with Crippen molar-refractivity contribution in [2.75, 3.05) is 19.6 Å². The standard InChI is InChI=1S/C15H19ClN4O/c16-13-4-2-1-3-12(13)15-18-14(21-19-15)10-20-7-5-11(9-17)6-8-20/h1-4,11H,5-10,17H2. The van der Waals surface area contributed by atoms with Crippen LogP contribution in [0.4, 0.5) is 0 Å². The largest absolute Gasteiger partial charge is 0.338 e. The minimum atomic E-state index is 0.549. The first kappa shape index (κ1) is 14.5. The average molecular weight is 307 g/mol. The molecule has 6 heteroatoms. The van der Waals surface area contributed by atoms with Gasteiger partial charge in [-0.1, -0.05) is 28.9 Å². The highest BCUT2D eigenvalue weighted by atomic mass is 35.5. The summed E-state index contributed by atoms with van der Waals surface area (Å²) in [6, 6.07) is 7.51. The quantitative estimate of drug-likeness (QED) is 0.940.